The van der Waals surface area contributed by atoms with Gasteiger partial charge >= 0.3 is 0 Å². The van der Waals surface area contributed by atoms with Gasteiger partial charge in [0.1, 0.15) is 5.69 Å². The van der Waals surface area contributed by atoms with Crippen molar-refractivity contribution in [1.82, 2.24) is 10.3 Å². The number of primary amides is 1. The average Bonchev–Trinajstić information content (AvgIpc) is 2.43. The van der Waals surface area contributed by atoms with Crippen LogP contribution < -0.4 is 16.4 Å². The Morgan fingerprint density at radius 2 is 2.05 bits per heavy atom. The van der Waals surface area contributed by atoms with E-state index in [1.54, 1.807) is 32.2 Å². The number of hydrogen-bond donors (Lipinski definition) is 3. The second kappa shape index (κ2) is 6.88. The quantitative estimate of drug-likeness (QED) is 0.697. The number of nitrogens with two attached hydrogens (primary N) is 1. The van der Waals surface area contributed by atoms with Crippen LogP contribution in [0.4, 0.5) is 5.69 Å². The molecule has 0 bridgehead atoms. The fraction of sp³-hybridized carbons (Fsp3) is 0.500. The van der Waals surface area contributed by atoms with Crippen LogP contribution in [0.1, 0.15) is 37.7 Å². The zero-order valence-corrected chi connectivity index (χ0v) is 12.2. The number of rotatable bonds is 7. The molecular formula is C14H22N4O2. The summed E-state index contributed by atoms with van der Waals surface area (Å²) in [6.07, 6.45) is 2.63. The van der Waals surface area contributed by atoms with Crippen LogP contribution in [0, 0.1) is 5.41 Å². The van der Waals surface area contributed by atoms with Crippen LogP contribution >= 0.6 is 0 Å². The number of aromatic nitrogens is 1. The van der Waals surface area contributed by atoms with E-state index in [0.29, 0.717) is 5.69 Å². The number of nitrogens with zero attached hydrogens (tertiary/aromatic N) is 1. The summed E-state index contributed by atoms with van der Waals surface area (Å²) in [5.74, 6) is -0.772. The van der Waals surface area contributed by atoms with Gasteiger partial charge in [-0.2, -0.15) is 0 Å². The largest absolute Gasteiger partial charge is 0.384 e. The molecule has 1 heterocycles. The highest BCUT2D eigenvalue weighted by Gasteiger charge is 2.25. The molecule has 0 radical (unpaired) electrons. The Morgan fingerprint density at radius 3 is 2.55 bits per heavy atom. The second-order valence-electron chi connectivity index (χ2n) is 5.29. The van der Waals surface area contributed by atoms with E-state index in [-0.39, 0.29) is 12.5 Å². The van der Waals surface area contributed by atoms with E-state index in [2.05, 4.69) is 22.5 Å². The van der Waals surface area contributed by atoms with Gasteiger partial charge in [-0.1, -0.05) is 6.92 Å². The van der Waals surface area contributed by atoms with Gasteiger partial charge in [0.05, 0.1) is 17.3 Å². The molecule has 6 nitrogen and oxygen atoms in total. The third kappa shape index (κ3) is 4.53. The van der Waals surface area contributed by atoms with Crippen molar-refractivity contribution < 1.29 is 9.59 Å². The van der Waals surface area contributed by atoms with Gasteiger partial charge in [0.2, 0.25) is 5.91 Å². The Hall–Kier alpha value is -2.11. The Morgan fingerprint density at radius 1 is 1.35 bits per heavy atom. The molecule has 20 heavy (non-hydrogen) atoms. The molecule has 4 N–H and O–H groups in total. The first-order valence-corrected chi connectivity index (χ1v) is 6.65. The summed E-state index contributed by atoms with van der Waals surface area (Å²) in [4.78, 5) is 27.1. The maximum absolute atomic E-state index is 11.9. The smallest absolute Gasteiger partial charge is 0.269 e. The molecule has 0 saturated heterocycles. The lowest BCUT2D eigenvalue weighted by molar-refractivity contribution is -0.125. The van der Waals surface area contributed by atoms with Crippen LogP contribution in [0.15, 0.2) is 18.3 Å². The van der Waals surface area contributed by atoms with E-state index in [9.17, 15) is 9.59 Å². The Bertz CT molecular complexity index is 469. The molecular weight excluding hydrogens is 256 g/mol. The van der Waals surface area contributed by atoms with Crippen molar-refractivity contribution >= 4 is 17.5 Å². The van der Waals surface area contributed by atoms with Gasteiger partial charge in [-0.15, -0.1) is 0 Å². The molecule has 0 saturated carbocycles. The van der Waals surface area contributed by atoms with Crippen LogP contribution in [0.5, 0.6) is 0 Å². The van der Waals surface area contributed by atoms with Crippen LogP contribution in [0.3, 0.4) is 0 Å². The number of pyridine rings is 1. The van der Waals surface area contributed by atoms with E-state index in [4.69, 9.17) is 5.73 Å². The normalized spacial score (nSPS) is 10.9. The van der Waals surface area contributed by atoms with Crippen molar-refractivity contribution in [3.8, 4) is 0 Å². The second-order valence-corrected chi connectivity index (χ2v) is 5.29. The lowest BCUT2D eigenvalue weighted by Crippen LogP contribution is -2.42. The minimum Gasteiger partial charge on any atom is -0.384 e. The van der Waals surface area contributed by atoms with Gasteiger partial charge in [-0.05, 0) is 32.4 Å². The first-order chi connectivity index (χ1) is 9.36. The highest BCUT2D eigenvalue weighted by molar-refractivity contribution is 5.93. The third-order valence-electron chi connectivity index (χ3n) is 2.93. The first kappa shape index (κ1) is 15.9. The van der Waals surface area contributed by atoms with Crippen molar-refractivity contribution in [3.05, 3.63) is 24.0 Å². The fourth-order valence-electron chi connectivity index (χ4n) is 1.38. The van der Waals surface area contributed by atoms with Crippen LogP contribution in [0.2, 0.25) is 0 Å². The van der Waals surface area contributed by atoms with Crippen molar-refractivity contribution in [3.63, 3.8) is 0 Å². The van der Waals surface area contributed by atoms with E-state index < -0.39 is 11.3 Å². The van der Waals surface area contributed by atoms with Crippen molar-refractivity contribution in [1.29, 1.82) is 0 Å². The average molecular weight is 278 g/mol. The lowest BCUT2D eigenvalue weighted by Gasteiger charge is -2.20. The molecule has 0 atom stereocenters. The maximum Gasteiger partial charge on any atom is 0.269 e. The zero-order chi connectivity index (χ0) is 15.2. The molecule has 0 aliphatic rings. The minimum atomic E-state index is -0.779. The topological polar surface area (TPSA) is 97.1 Å². The summed E-state index contributed by atoms with van der Waals surface area (Å²) >= 11 is 0. The summed E-state index contributed by atoms with van der Waals surface area (Å²) in [6.45, 7) is 6.48. The molecule has 0 fully saturated rings. The van der Waals surface area contributed by atoms with Gasteiger partial charge in [0, 0.05) is 13.1 Å². The highest BCUT2D eigenvalue weighted by atomic mass is 16.2. The molecule has 2 amide bonds. The Labute approximate surface area is 119 Å². The van der Waals surface area contributed by atoms with Crippen molar-refractivity contribution in [2.75, 3.05) is 18.4 Å². The predicted molar refractivity (Wildman–Crippen MR) is 78.3 cm³/mol. The number of anilines is 1. The van der Waals surface area contributed by atoms with Gasteiger partial charge in [-0.25, -0.2) is 4.98 Å². The highest BCUT2D eigenvalue weighted by Crippen LogP contribution is 2.12. The number of hydrogen-bond acceptors (Lipinski definition) is 4. The SMILES string of the molecule is CCCNc1ccc(C(=O)NCC(C)(C)C(N)=O)nc1. The van der Waals surface area contributed by atoms with E-state index >= 15 is 0 Å². The standard InChI is InChI=1S/C14H22N4O2/c1-4-7-16-10-5-6-11(17-8-10)12(19)18-9-14(2,3)13(15)20/h5-6,8,16H,4,7,9H2,1-3H3,(H2,15,20)(H,18,19). The van der Waals surface area contributed by atoms with Crippen molar-refractivity contribution in [2.24, 2.45) is 11.1 Å². The molecule has 0 aliphatic heterocycles. The van der Waals surface area contributed by atoms with Crippen LogP contribution in [-0.2, 0) is 4.79 Å². The monoisotopic (exact) mass is 278 g/mol. The Balaban J connectivity index is 2.58. The number of nitrogens with one attached hydrogen (secondary N) is 2. The summed E-state index contributed by atoms with van der Waals surface area (Å²) < 4.78 is 0. The summed E-state index contributed by atoms with van der Waals surface area (Å²) in [5.41, 5.74) is 5.66. The Kier molecular flexibility index (Phi) is 5.49. The predicted octanol–water partition coefficient (Wildman–Crippen LogP) is 1.14. The molecule has 6 heteroatoms. The van der Waals surface area contributed by atoms with E-state index in [1.165, 1.54) is 0 Å². The van der Waals surface area contributed by atoms with Gasteiger partial charge in [0.25, 0.3) is 5.91 Å². The first-order valence-electron chi connectivity index (χ1n) is 6.65. The van der Waals surface area contributed by atoms with Gasteiger partial charge < -0.3 is 16.4 Å². The van der Waals surface area contributed by atoms with Crippen LogP contribution in [0.25, 0.3) is 0 Å². The van der Waals surface area contributed by atoms with E-state index in [0.717, 1.165) is 18.7 Å². The zero-order valence-electron chi connectivity index (χ0n) is 12.2. The van der Waals surface area contributed by atoms with Crippen LogP contribution in [-0.4, -0.2) is 29.9 Å². The summed E-state index contributed by atoms with van der Waals surface area (Å²) in [6, 6.07) is 3.45. The van der Waals surface area contributed by atoms with Crippen molar-refractivity contribution in [2.45, 2.75) is 27.2 Å². The molecule has 110 valence electrons. The molecule has 1 aromatic heterocycles. The molecule has 1 aromatic rings. The summed E-state index contributed by atoms with van der Waals surface area (Å²) in [7, 11) is 0. The van der Waals surface area contributed by atoms with E-state index in [1.807, 2.05) is 0 Å². The fourth-order valence-corrected chi connectivity index (χ4v) is 1.38. The lowest BCUT2D eigenvalue weighted by atomic mass is 9.93. The molecule has 0 aliphatic carbocycles. The third-order valence-corrected chi connectivity index (χ3v) is 2.93. The van der Waals surface area contributed by atoms with Gasteiger partial charge in [0.15, 0.2) is 0 Å². The van der Waals surface area contributed by atoms with Gasteiger partial charge in [-0.3, -0.25) is 9.59 Å². The molecule has 0 spiro atoms. The number of carbonyl (C=O) groups excluding carboxylic acids is 2. The minimum absolute atomic E-state index is 0.179. The summed E-state index contributed by atoms with van der Waals surface area (Å²) in [5, 5.41) is 5.84. The molecule has 0 unspecified atom stereocenters. The number of amides is 2. The maximum atomic E-state index is 11.9. The molecule has 0 aromatic carbocycles. The molecule has 1 rings (SSSR count). The number of carbonyl (C=O) groups is 2.